The van der Waals surface area contributed by atoms with Gasteiger partial charge in [-0.15, -0.1) is 0 Å². The first kappa shape index (κ1) is 25.4. The minimum absolute atomic E-state index is 0.0970. The summed E-state index contributed by atoms with van der Waals surface area (Å²) >= 11 is 0. The fourth-order valence-corrected chi connectivity index (χ4v) is 4.76. The Morgan fingerprint density at radius 3 is 2.10 bits per heavy atom. The van der Waals surface area contributed by atoms with Gasteiger partial charge in [0.25, 0.3) is 0 Å². The second kappa shape index (κ2) is 9.41. The first-order valence-corrected chi connectivity index (χ1v) is 12.0. The highest BCUT2D eigenvalue weighted by Gasteiger charge is 2.46. The minimum atomic E-state index is -5.34. The van der Waals surface area contributed by atoms with Crippen LogP contribution in [0.25, 0.3) is 38.8 Å². The number of nitrogens with zero attached hydrogens (tertiary/aromatic N) is 3. The van der Waals surface area contributed by atoms with Crippen LogP contribution < -0.4 is 4.74 Å². The lowest BCUT2D eigenvalue weighted by Crippen LogP contribution is -2.18. The molecule has 0 bridgehead atoms. The Labute approximate surface area is 223 Å². The molecule has 3 aromatic heterocycles. The molecule has 0 aliphatic rings. The van der Waals surface area contributed by atoms with E-state index in [1.807, 2.05) is 65.2 Å². The van der Waals surface area contributed by atoms with E-state index in [4.69, 9.17) is 4.74 Å². The molecule has 0 amide bonds. The van der Waals surface area contributed by atoms with E-state index in [2.05, 4.69) is 9.97 Å². The molecule has 6 rings (SSSR count). The number of benzene rings is 3. The number of para-hydroxylation sites is 1. The number of halogens is 6. The highest BCUT2D eigenvalue weighted by Crippen LogP contribution is 2.45. The molecule has 0 saturated carbocycles. The van der Waals surface area contributed by atoms with Crippen LogP contribution in [0.4, 0.5) is 26.3 Å². The second-order valence-corrected chi connectivity index (χ2v) is 8.94. The molecule has 0 aliphatic heterocycles. The molecule has 0 saturated heterocycles. The molecule has 3 aromatic carbocycles. The van der Waals surface area contributed by atoms with Crippen molar-refractivity contribution in [3.05, 3.63) is 115 Å². The maximum atomic E-state index is 13.7. The molecule has 40 heavy (non-hydrogen) atoms. The zero-order chi connectivity index (χ0) is 28.1. The molecule has 0 fully saturated rings. The number of hydrogen-bond acceptors (Lipinski definition) is 3. The highest BCUT2D eigenvalue weighted by atomic mass is 19.4. The van der Waals surface area contributed by atoms with Gasteiger partial charge in [0.1, 0.15) is 17.1 Å². The van der Waals surface area contributed by atoms with Gasteiger partial charge in [-0.05, 0) is 53.6 Å². The standard InChI is InChI=1S/C30H17F6N3O/c31-29(32,33)23-13-15-38-28(27(23)30(34,35)36)40-20-7-5-6-18(16-20)19-11-12-22-21-8-1-2-9-24(21)39(25(22)17-19)26-10-3-4-14-37-26/h1-17H. The van der Waals surface area contributed by atoms with Crippen LogP contribution in [0.1, 0.15) is 11.1 Å². The van der Waals surface area contributed by atoms with Gasteiger partial charge in [0.2, 0.25) is 5.88 Å². The topological polar surface area (TPSA) is 39.9 Å². The Morgan fingerprint density at radius 1 is 0.600 bits per heavy atom. The van der Waals surface area contributed by atoms with Crippen molar-refractivity contribution in [1.29, 1.82) is 0 Å². The maximum Gasteiger partial charge on any atom is 0.422 e. The Kier molecular flexibility index (Phi) is 5.98. The molecular weight excluding hydrogens is 532 g/mol. The maximum absolute atomic E-state index is 13.7. The third-order valence-electron chi connectivity index (χ3n) is 6.44. The SMILES string of the molecule is FC(F)(F)c1ccnc(Oc2cccc(-c3ccc4c5ccccc5n(-c5ccccn5)c4c3)c2)c1C(F)(F)F. The van der Waals surface area contributed by atoms with E-state index in [0.717, 1.165) is 21.8 Å². The van der Waals surface area contributed by atoms with Gasteiger partial charge in [-0.3, -0.25) is 4.57 Å². The van der Waals surface area contributed by atoms with Crippen molar-refractivity contribution in [2.45, 2.75) is 12.4 Å². The van der Waals surface area contributed by atoms with Crippen molar-refractivity contribution in [2.75, 3.05) is 0 Å². The average Bonchev–Trinajstić information content (AvgIpc) is 3.26. The van der Waals surface area contributed by atoms with E-state index in [1.54, 1.807) is 18.3 Å². The molecule has 200 valence electrons. The zero-order valence-electron chi connectivity index (χ0n) is 20.3. The van der Waals surface area contributed by atoms with Gasteiger partial charge in [0.05, 0.1) is 16.6 Å². The quantitative estimate of drug-likeness (QED) is 0.206. The van der Waals surface area contributed by atoms with Gasteiger partial charge in [0, 0.05) is 23.2 Å². The third-order valence-corrected chi connectivity index (χ3v) is 6.44. The Balaban J connectivity index is 1.45. The molecule has 0 atom stereocenters. The summed E-state index contributed by atoms with van der Waals surface area (Å²) in [4.78, 5) is 7.98. The first-order valence-electron chi connectivity index (χ1n) is 12.0. The van der Waals surface area contributed by atoms with Crippen LogP contribution >= 0.6 is 0 Å². The average molecular weight is 549 g/mol. The van der Waals surface area contributed by atoms with Crippen molar-refractivity contribution in [1.82, 2.24) is 14.5 Å². The Hall–Kier alpha value is -4.86. The summed E-state index contributed by atoms with van der Waals surface area (Å²) in [6.07, 6.45) is -8.25. The Morgan fingerprint density at radius 2 is 1.35 bits per heavy atom. The number of ether oxygens (including phenoxy) is 1. The predicted molar refractivity (Wildman–Crippen MR) is 138 cm³/mol. The monoisotopic (exact) mass is 549 g/mol. The van der Waals surface area contributed by atoms with Crippen LogP contribution in [0, 0.1) is 0 Å². The number of pyridine rings is 2. The fraction of sp³-hybridized carbons (Fsp3) is 0.0667. The van der Waals surface area contributed by atoms with Crippen LogP contribution in [0.5, 0.6) is 11.6 Å². The van der Waals surface area contributed by atoms with Crippen molar-refractivity contribution in [3.8, 4) is 28.6 Å². The number of hydrogen-bond donors (Lipinski definition) is 0. The van der Waals surface area contributed by atoms with Gasteiger partial charge in [-0.1, -0.05) is 48.5 Å². The van der Waals surface area contributed by atoms with E-state index < -0.39 is 29.4 Å². The molecule has 6 aromatic rings. The lowest BCUT2D eigenvalue weighted by Gasteiger charge is -2.18. The van der Waals surface area contributed by atoms with Crippen molar-refractivity contribution >= 4 is 21.8 Å². The van der Waals surface area contributed by atoms with Crippen molar-refractivity contribution in [3.63, 3.8) is 0 Å². The number of aromatic nitrogens is 3. The summed E-state index contributed by atoms with van der Waals surface area (Å²) < 4.78 is 88.4. The predicted octanol–water partition coefficient (Wildman–Crippen LogP) is 9.07. The molecule has 0 unspecified atom stereocenters. The summed E-state index contributed by atoms with van der Waals surface area (Å²) in [5, 5.41) is 1.99. The van der Waals surface area contributed by atoms with Gasteiger partial charge >= 0.3 is 12.4 Å². The lowest BCUT2D eigenvalue weighted by molar-refractivity contribution is -0.163. The zero-order valence-corrected chi connectivity index (χ0v) is 20.3. The molecule has 3 heterocycles. The molecule has 0 aliphatic carbocycles. The molecule has 4 nitrogen and oxygen atoms in total. The minimum Gasteiger partial charge on any atom is -0.438 e. The largest absolute Gasteiger partial charge is 0.438 e. The van der Waals surface area contributed by atoms with Crippen LogP contribution in [0.15, 0.2) is 103 Å². The summed E-state index contributed by atoms with van der Waals surface area (Å²) in [6, 6.07) is 25.5. The van der Waals surface area contributed by atoms with E-state index in [-0.39, 0.29) is 11.8 Å². The highest BCUT2D eigenvalue weighted by molar-refractivity contribution is 6.10. The van der Waals surface area contributed by atoms with Gasteiger partial charge in [0.15, 0.2) is 0 Å². The summed E-state index contributed by atoms with van der Waals surface area (Å²) in [5.41, 5.74) is -0.754. The third kappa shape index (κ3) is 4.51. The number of alkyl halides is 6. The molecule has 0 N–H and O–H groups in total. The summed E-state index contributed by atoms with van der Waals surface area (Å²) in [5.74, 6) is -0.566. The van der Waals surface area contributed by atoms with Crippen LogP contribution in [-0.2, 0) is 12.4 Å². The van der Waals surface area contributed by atoms with Gasteiger partial charge in [-0.25, -0.2) is 9.97 Å². The number of rotatable bonds is 4. The summed E-state index contributed by atoms with van der Waals surface area (Å²) in [6.45, 7) is 0. The molecule has 0 spiro atoms. The van der Waals surface area contributed by atoms with Crippen molar-refractivity contribution < 1.29 is 31.1 Å². The van der Waals surface area contributed by atoms with Gasteiger partial charge < -0.3 is 4.74 Å². The number of fused-ring (bicyclic) bond motifs is 3. The first-order chi connectivity index (χ1) is 19.1. The lowest BCUT2D eigenvalue weighted by atomic mass is 10.0. The molecule has 0 radical (unpaired) electrons. The van der Waals surface area contributed by atoms with E-state index in [1.165, 1.54) is 12.1 Å². The summed E-state index contributed by atoms with van der Waals surface area (Å²) in [7, 11) is 0. The van der Waals surface area contributed by atoms with E-state index >= 15 is 0 Å². The van der Waals surface area contributed by atoms with Crippen LogP contribution in [-0.4, -0.2) is 14.5 Å². The van der Waals surface area contributed by atoms with Crippen LogP contribution in [0.3, 0.4) is 0 Å². The molecule has 10 heteroatoms. The second-order valence-electron chi connectivity index (χ2n) is 8.94. The van der Waals surface area contributed by atoms with E-state index in [9.17, 15) is 26.3 Å². The molecular formula is C30H17F6N3O. The van der Waals surface area contributed by atoms with Crippen LogP contribution in [0.2, 0.25) is 0 Å². The smallest absolute Gasteiger partial charge is 0.422 e. The van der Waals surface area contributed by atoms with Crippen molar-refractivity contribution in [2.24, 2.45) is 0 Å². The van der Waals surface area contributed by atoms with Gasteiger partial charge in [-0.2, -0.15) is 26.3 Å². The fourth-order valence-electron chi connectivity index (χ4n) is 4.76. The normalized spacial score (nSPS) is 12.2. The van der Waals surface area contributed by atoms with E-state index in [0.29, 0.717) is 23.1 Å². The Bertz CT molecular complexity index is 1860.